The summed E-state index contributed by atoms with van der Waals surface area (Å²) in [6.45, 7) is 11.2. The second kappa shape index (κ2) is 13.8. The molecule has 1 saturated heterocycles. The number of anilines is 2. The molecule has 0 N–H and O–H groups in total. The number of hydrogen-bond donors (Lipinski definition) is 0. The number of carbonyl (C=O) groups is 2. The van der Waals surface area contributed by atoms with Crippen molar-refractivity contribution in [3.63, 3.8) is 0 Å². The summed E-state index contributed by atoms with van der Waals surface area (Å²) in [6, 6.07) is 7.32. The maximum atomic E-state index is 12.3. The van der Waals surface area contributed by atoms with Crippen molar-refractivity contribution >= 4 is 23.6 Å². The zero-order valence-electron chi connectivity index (χ0n) is 22.1. The smallest absolute Gasteiger partial charge is 0.339 e. The van der Waals surface area contributed by atoms with E-state index in [4.69, 9.17) is 9.47 Å². The Morgan fingerprint density at radius 2 is 1.14 bits per heavy atom. The Bertz CT molecular complexity index is 877. The van der Waals surface area contributed by atoms with E-state index < -0.39 is 0 Å². The molecule has 2 atom stereocenters. The van der Waals surface area contributed by atoms with Gasteiger partial charge in [0.1, 0.15) is 11.6 Å². The van der Waals surface area contributed by atoms with Crippen LogP contribution < -0.4 is 9.80 Å². The summed E-state index contributed by atoms with van der Waals surface area (Å²) in [5, 5.41) is 0. The van der Waals surface area contributed by atoms with Gasteiger partial charge in [-0.05, 0) is 51.0 Å². The lowest BCUT2D eigenvalue weighted by molar-refractivity contribution is 0.0309. The van der Waals surface area contributed by atoms with E-state index in [1.165, 1.54) is 0 Å². The van der Waals surface area contributed by atoms with Gasteiger partial charge >= 0.3 is 11.9 Å². The first-order valence-corrected chi connectivity index (χ1v) is 13.2. The second-order valence-electron chi connectivity index (χ2n) is 9.50. The van der Waals surface area contributed by atoms with Crippen LogP contribution in [-0.2, 0) is 9.47 Å². The highest BCUT2D eigenvalue weighted by atomic mass is 16.5. The fraction of sp³-hybridized carbons (Fsp3) is 0.571. The monoisotopic (exact) mass is 496 g/mol. The van der Waals surface area contributed by atoms with Crippen molar-refractivity contribution in [1.82, 2.24) is 9.97 Å². The Labute approximate surface area is 215 Å². The van der Waals surface area contributed by atoms with Crippen molar-refractivity contribution in [3.8, 4) is 0 Å². The largest absolute Gasteiger partial charge is 0.459 e. The van der Waals surface area contributed by atoms with Crippen LogP contribution in [0.4, 0.5) is 11.6 Å². The summed E-state index contributed by atoms with van der Waals surface area (Å²) in [5.74, 6) is 1.04. The van der Waals surface area contributed by atoms with Crippen LogP contribution in [0.15, 0.2) is 36.7 Å². The molecule has 3 heterocycles. The van der Waals surface area contributed by atoms with E-state index in [0.29, 0.717) is 11.1 Å². The average Bonchev–Trinajstić information content (AvgIpc) is 2.91. The SMILES string of the molecule is CCCC[C@H](C)OC(=O)c1ccc(N2CCN(c3ccc(C(=O)O[C@@H](C)CCCC)cn3)CC2)nc1. The first-order chi connectivity index (χ1) is 17.4. The van der Waals surface area contributed by atoms with Gasteiger partial charge < -0.3 is 19.3 Å². The lowest BCUT2D eigenvalue weighted by Gasteiger charge is -2.36. The molecule has 8 nitrogen and oxygen atoms in total. The van der Waals surface area contributed by atoms with Gasteiger partial charge in [0, 0.05) is 38.6 Å². The maximum Gasteiger partial charge on any atom is 0.339 e. The van der Waals surface area contributed by atoms with Gasteiger partial charge in [-0.15, -0.1) is 0 Å². The number of nitrogens with zero attached hydrogens (tertiary/aromatic N) is 4. The average molecular weight is 497 g/mol. The van der Waals surface area contributed by atoms with E-state index in [-0.39, 0.29) is 24.1 Å². The van der Waals surface area contributed by atoms with Crippen molar-refractivity contribution in [1.29, 1.82) is 0 Å². The standard InChI is InChI=1S/C28H40N4O4/c1-5-7-9-21(3)35-27(33)23-11-13-25(29-19-23)31-15-17-32(18-16-31)26-14-12-24(20-30-26)28(34)36-22(4)10-8-6-2/h11-14,19-22H,5-10,15-18H2,1-4H3/t21-,22-/m0/s1. The number of piperazine rings is 1. The molecule has 1 aliphatic heterocycles. The molecule has 1 fully saturated rings. The minimum Gasteiger partial charge on any atom is -0.459 e. The summed E-state index contributed by atoms with van der Waals surface area (Å²) >= 11 is 0. The zero-order valence-corrected chi connectivity index (χ0v) is 22.1. The van der Waals surface area contributed by atoms with Crippen molar-refractivity contribution in [2.24, 2.45) is 0 Å². The minimum absolute atomic E-state index is 0.0899. The molecule has 1 aliphatic rings. The Morgan fingerprint density at radius 3 is 1.44 bits per heavy atom. The third-order valence-corrected chi connectivity index (χ3v) is 6.44. The van der Waals surface area contributed by atoms with Crippen LogP contribution in [0, 0.1) is 0 Å². The molecule has 0 bridgehead atoms. The molecule has 0 amide bonds. The van der Waals surface area contributed by atoms with Crippen LogP contribution in [-0.4, -0.2) is 60.3 Å². The van der Waals surface area contributed by atoms with Crippen LogP contribution in [0.1, 0.15) is 86.9 Å². The van der Waals surface area contributed by atoms with Gasteiger partial charge in [0.05, 0.1) is 23.3 Å². The molecule has 0 saturated carbocycles. The van der Waals surface area contributed by atoms with Gasteiger partial charge in [0.15, 0.2) is 0 Å². The number of esters is 2. The number of hydrogen-bond acceptors (Lipinski definition) is 8. The highest BCUT2D eigenvalue weighted by molar-refractivity contribution is 5.89. The van der Waals surface area contributed by atoms with Gasteiger partial charge in [-0.2, -0.15) is 0 Å². The van der Waals surface area contributed by atoms with Gasteiger partial charge in [-0.1, -0.05) is 39.5 Å². The second-order valence-corrected chi connectivity index (χ2v) is 9.50. The van der Waals surface area contributed by atoms with E-state index in [9.17, 15) is 9.59 Å². The number of pyridine rings is 2. The molecule has 0 spiro atoms. The van der Waals surface area contributed by atoms with Crippen LogP contribution in [0.3, 0.4) is 0 Å². The third-order valence-electron chi connectivity index (χ3n) is 6.44. The zero-order chi connectivity index (χ0) is 25.9. The Kier molecular flexibility index (Phi) is 10.5. The Morgan fingerprint density at radius 1 is 0.750 bits per heavy atom. The van der Waals surface area contributed by atoms with Gasteiger partial charge in [0.25, 0.3) is 0 Å². The van der Waals surface area contributed by atoms with Crippen molar-refractivity contribution in [3.05, 3.63) is 47.8 Å². The van der Waals surface area contributed by atoms with Gasteiger partial charge in [-0.25, -0.2) is 19.6 Å². The van der Waals surface area contributed by atoms with E-state index in [1.54, 1.807) is 24.5 Å². The summed E-state index contributed by atoms with van der Waals surface area (Å²) in [4.78, 5) is 38.1. The number of ether oxygens (including phenoxy) is 2. The van der Waals surface area contributed by atoms with Crippen LogP contribution in [0.5, 0.6) is 0 Å². The van der Waals surface area contributed by atoms with Gasteiger partial charge in [0.2, 0.25) is 0 Å². The predicted octanol–water partition coefficient (Wildman–Crippen LogP) is 5.27. The lowest BCUT2D eigenvalue weighted by atomic mass is 10.2. The van der Waals surface area contributed by atoms with Crippen molar-refractivity contribution in [2.75, 3.05) is 36.0 Å². The molecule has 3 rings (SSSR count). The third kappa shape index (κ3) is 7.93. The van der Waals surface area contributed by atoms with Crippen molar-refractivity contribution < 1.29 is 19.1 Å². The van der Waals surface area contributed by atoms with Crippen LogP contribution in [0.25, 0.3) is 0 Å². The molecular formula is C28H40N4O4. The normalized spacial score (nSPS) is 15.3. The fourth-order valence-electron chi connectivity index (χ4n) is 4.15. The quantitative estimate of drug-likeness (QED) is 0.367. The van der Waals surface area contributed by atoms with E-state index in [1.807, 2.05) is 26.0 Å². The van der Waals surface area contributed by atoms with E-state index in [0.717, 1.165) is 76.3 Å². The molecule has 0 unspecified atom stereocenters. The summed E-state index contributed by atoms with van der Waals surface area (Å²) in [6.07, 6.45) is 9.01. The van der Waals surface area contributed by atoms with Gasteiger partial charge in [-0.3, -0.25) is 0 Å². The Hall–Kier alpha value is -3.16. The van der Waals surface area contributed by atoms with Crippen LogP contribution in [0.2, 0.25) is 0 Å². The molecule has 0 aliphatic carbocycles. The van der Waals surface area contributed by atoms with E-state index >= 15 is 0 Å². The van der Waals surface area contributed by atoms with Crippen molar-refractivity contribution in [2.45, 2.75) is 78.4 Å². The number of carbonyl (C=O) groups excluding carboxylic acids is 2. The summed E-state index contributed by atoms with van der Waals surface area (Å²) < 4.78 is 11.0. The molecule has 0 radical (unpaired) electrons. The molecule has 8 heteroatoms. The Balaban J connectivity index is 1.48. The number of unbranched alkanes of at least 4 members (excludes halogenated alkanes) is 2. The molecule has 2 aromatic heterocycles. The fourth-order valence-corrected chi connectivity index (χ4v) is 4.15. The highest BCUT2D eigenvalue weighted by Gasteiger charge is 2.21. The predicted molar refractivity (Wildman–Crippen MR) is 142 cm³/mol. The number of aromatic nitrogens is 2. The molecule has 0 aromatic carbocycles. The van der Waals surface area contributed by atoms with Crippen LogP contribution >= 0.6 is 0 Å². The van der Waals surface area contributed by atoms with E-state index in [2.05, 4.69) is 33.6 Å². The highest BCUT2D eigenvalue weighted by Crippen LogP contribution is 2.19. The summed E-state index contributed by atoms with van der Waals surface area (Å²) in [7, 11) is 0. The minimum atomic E-state index is -0.323. The molecular weight excluding hydrogens is 456 g/mol. The first kappa shape index (κ1) is 27.4. The molecule has 196 valence electrons. The maximum absolute atomic E-state index is 12.3. The summed E-state index contributed by atoms with van der Waals surface area (Å²) in [5.41, 5.74) is 0.951. The number of rotatable bonds is 12. The molecule has 2 aromatic rings. The first-order valence-electron chi connectivity index (χ1n) is 13.2. The topological polar surface area (TPSA) is 84.9 Å². The molecule has 36 heavy (non-hydrogen) atoms. The lowest BCUT2D eigenvalue weighted by Crippen LogP contribution is -2.47.